The second kappa shape index (κ2) is 7.38. The molecule has 2 aromatic carbocycles. The SMILES string of the molecule is COc1cccc(C(=O)Nc2ccc(C)c(N3CCCCC3=O)c2)c1. The van der Waals surface area contributed by atoms with E-state index in [1.807, 2.05) is 30.0 Å². The Morgan fingerprint density at radius 3 is 2.76 bits per heavy atom. The first-order valence-corrected chi connectivity index (χ1v) is 8.45. The lowest BCUT2D eigenvalue weighted by Crippen LogP contribution is -2.35. The van der Waals surface area contributed by atoms with Gasteiger partial charge in [0.15, 0.2) is 0 Å². The molecule has 0 aromatic heterocycles. The van der Waals surface area contributed by atoms with Gasteiger partial charge in [-0.1, -0.05) is 12.1 Å². The fourth-order valence-electron chi connectivity index (χ4n) is 3.01. The number of piperidine rings is 1. The van der Waals surface area contributed by atoms with E-state index in [0.29, 0.717) is 23.4 Å². The van der Waals surface area contributed by atoms with Crippen molar-refractivity contribution in [2.24, 2.45) is 0 Å². The molecule has 0 radical (unpaired) electrons. The van der Waals surface area contributed by atoms with Gasteiger partial charge in [0.2, 0.25) is 5.91 Å². The number of anilines is 2. The molecule has 3 rings (SSSR count). The third-order valence-corrected chi connectivity index (χ3v) is 4.41. The van der Waals surface area contributed by atoms with Gasteiger partial charge in [-0.2, -0.15) is 0 Å². The van der Waals surface area contributed by atoms with Crippen molar-refractivity contribution in [3.05, 3.63) is 53.6 Å². The highest BCUT2D eigenvalue weighted by Gasteiger charge is 2.21. The summed E-state index contributed by atoms with van der Waals surface area (Å²) in [6.07, 6.45) is 2.53. The molecule has 130 valence electrons. The molecule has 5 heteroatoms. The van der Waals surface area contributed by atoms with Gasteiger partial charge < -0.3 is 15.0 Å². The lowest BCUT2D eigenvalue weighted by molar-refractivity contribution is -0.119. The molecule has 0 unspecified atom stereocenters. The molecule has 5 nitrogen and oxygen atoms in total. The highest BCUT2D eigenvalue weighted by atomic mass is 16.5. The third-order valence-electron chi connectivity index (χ3n) is 4.41. The van der Waals surface area contributed by atoms with E-state index in [2.05, 4.69) is 5.32 Å². The summed E-state index contributed by atoms with van der Waals surface area (Å²) >= 11 is 0. The van der Waals surface area contributed by atoms with Crippen LogP contribution in [0.5, 0.6) is 5.75 Å². The number of rotatable bonds is 4. The quantitative estimate of drug-likeness (QED) is 0.923. The lowest BCUT2D eigenvalue weighted by Gasteiger charge is -2.28. The predicted octanol–water partition coefficient (Wildman–Crippen LogP) is 3.77. The van der Waals surface area contributed by atoms with Crippen molar-refractivity contribution in [1.82, 2.24) is 0 Å². The second-order valence-corrected chi connectivity index (χ2v) is 6.19. The number of hydrogen-bond acceptors (Lipinski definition) is 3. The minimum atomic E-state index is -0.210. The molecule has 0 aliphatic carbocycles. The number of hydrogen-bond donors (Lipinski definition) is 1. The summed E-state index contributed by atoms with van der Waals surface area (Å²) < 4.78 is 5.16. The summed E-state index contributed by atoms with van der Waals surface area (Å²) in [5.74, 6) is 0.570. The van der Waals surface area contributed by atoms with Crippen LogP contribution in [0.1, 0.15) is 35.2 Å². The van der Waals surface area contributed by atoms with Gasteiger partial charge in [0.05, 0.1) is 7.11 Å². The first-order valence-electron chi connectivity index (χ1n) is 8.45. The number of methoxy groups -OCH3 is 1. The number of carbonyl (C=O) groups excluding carboxylic acids is 2. The summed E-state index contributed by atoms with van der Waals surface area (Å²) in [6.45, 7) is 2.71. The van der Waals surface area contributed by atoms with Gasteiger partial charge in [-0.25, -0.2) is 0 Å². The zero-order valence-electron chi connectivity index (χ0n) is 14.5. The van der Waals surface area contributed by atoms with E-state index in [1.165, 1.54) is 0 Å². The topological polar surface area (TPSA) is 58.6 Å². The van der Waals surface area contributed by atoms with Crippen LogP contribution in [0.15, 0.2) is 42.5 Å². The molecule has 1 aliphatic rings. The second-order valence-electron chi connectivity index (χ2n) is 6.19. The summed E-state index contributed by atoms with van der Waals surface area (Å²) in [5, 5.41) is 2.90. The number of aryl methyl sites for hydroxylation is 1. The zero-order valence-corrected chi connectivity index (χ0v) is 14.5. The largest absolute Gasteiger partial charge is 0.497 e. The van der Waals surface area contributed by atoms with E-state index in [1.54, 1.807) is 31.4 Å². The van der Waals surface area contributed by atoms with Crippen molar-refractivity contribution in [2.45, 2.75) is 26.2 Å². The monoisotopic (exact) mass is 338 g/mol. The third kappa shape index (κ3) is 3.82. The summed E-state index contributed by atoms with van der Waals surface area (Å²) in [5.41, 5.74) is 3.09. The van der Waals surface area contributed by atoms with Crippen LogP contribution >= 0.6 is 0 Å². The predicted molar refractivity (Wildman–Crippen MR) is 98.3 cm³/mol. The van der Waals surface area contributed by atoms with Gasteiger partial charge >= 0.3 is 0 Å². The van der Waals surface area contributed by atoms with E-state index >= 15 is 0 Å². The van der Waals surface area contributed by atoms with Crippen LogP contribution < -0.4 is 15.0 Å². The Morgan fingerprint density at radius 1 is 1.16 bits per heavy atom. The first kappa shape index (κ1) is 17.0. The minimum absolute atomic E-state index is 0.144. The van der Waals surface area contributed by atoms with Crippen molar-refractivity contribution < 1.29 is 14.3 Å². The summed E-state index contributed by atoms with van der Waals surface area (Å²) in [6, 6.07) is 12.7. The van der Waals surface area contributed by atoms with Crippen molar-refractivity contribution >= 4 is 23.2 Å². The van der Waals surface area contributed by atoms with Gasteiger partial charge in [-0.15, -0.1) is 0 Å². The maximum atomic E-state index is 12.5. The summed E-state index contributed by atoms with van der Waals surface area (Å²) in [4.78, 5) is 26.5. The van der Waals surface area contributed by atoms with Crippen LogP contribution in [-0.4, -0.2) is 25.5 Å². The van der Waals surface area contributed by atoms with Crippen LogP contribution in [0.3, 0.4) is 0 Å². The Kier molecular flexibility index (Phi) is 5.03. The Bertz CT molecular complexity index is 801. The maximum Gasteiger partial charge on any atom is 0.255 e. The number of ether oxygens (including phenoxy) is 1. The highest BCUT2D eigenvalue weighted by molar-refractivity contribution is 6.05. The number of amides is 2. The van der Waals surface area contributed by atoms with Crippen molar-refractivity contribution in [2.75, 3.05) is 23.9 Å². The number of carbonyl (C=O) groups is 2. The molecule has 1 saturated heterocycles. The van der Waals surface area contributed by atoms with E-state index in [-0.39, 0.29) is 11.8 Å². The molecule has 2 amide bonds. The summed E-state index contributed by atoms with van der Waals surface area (Å²) in [7, 11) is 1.57. The molecule has 1 fully saturated rings. The molecular weight excluding hydrogens is 316 g/mol. The van der Waals surface area contributed by atoms with Gasteiger partial charge in [0.1, 0.15) is 5.75 Å². The van der Waals surface area contributed by atoms with Gasteiger partial charge in [-0.05, 0) is 55.7 Å². The molecule has 2 aromatic rings. The normalized spacial score (nSPS) is 14.3. The van der Waals surface area contributed by atoms with E-state index in [0.717, 1.165) is 30.6 Å². The molecule has 0 spiro atoms. The van der Waals surface area contributed by atoms with E-state index in [4.69, 9.17) is 4.74 Å². The van der Waals surface area contributed by atoms with Crippen molar-refractivity contribution in [1.29, 1.82) is 0 Å². The first-order chi connectivity index (χ1) is 12.1. The Morgan fingerprint density at radius 2 is 2.00 bits per heavy atom. The Balaban J connectivity index is 1.82. The van der Waals surface area contributed by atoms with Crippen LogP contribution in [0.2, 0.25) is 0 Å². The van der Waals surface area contributed by atoms with Crippen LogP contribution in [0.4, 0.5) is 11.4 Å². The molecular formula is C20H22N2O3. The molecule has 0 bridgehead atoms. The average molecular weight is 338 g/mol. The van der Waals surface area contributed by atoms with E-state index < -0.39 is 0 Å². The highest BCUT2D eigenvalue weighted by Crippen LogP contribution is 2.28. The molecule has 0 saturated carbocycles. The molecule has 1 aliphatic heterocycles. The van der Waals surface area contributed by atoms with E-state index in [9.17, 15) is 9.59 Å². The Hall–Kier alpha value is -2.82. The van der Waals surface area contributed by atoms with Crippen LogP contribution in [-0.2, 0) is 4.79 Å². The molecule has 1 N–H and O–H groups in total. The standard InChI is InChI=1S/C20H22N2O3/c1-14-9-10-16(13-18(14)22-11-4-3-8-19(22)23)21-20(24)15-6-5-7-17(12-15)25-2/h5-7,9-10,12-13H,3-4,8,11H2,1-2H3,(H,21,24). The smallest absolute Gasteiger partial charge is 0.255 e. The molecule has 0 atom stereocenters. The Labute approximate surface area is 147 Å². The maximum absolute atomic E-state index is 12.5. The lowest BCUT2D eigenvalue weighted by atomic mass is 10.1. The van der Waals surface area contributed by atoms with Crippen LogP contribution in [0, 0.1) is 6.92 Å². The number of nitrogens with zero attached hydrogens (tertiary/aromatic N) is 1. The van der Waals surface area contributed by atoms with Crippen molar-refractivity contribution in [3.8, 4) is 5.75 Å². The fraction of sp³-hybridized carbons (Fsp3) is 0.300. The van der Waals surface area contributed by atoms with Crippen molar-refractivity contribution in [3.63, 3.8) is 0 Å². The average Bonchev–Trinajstić information content (AvgIpc) is 2.64. The van der Waals surface area contributed by atoms with Crippen LogP contribution in [0.25, 0.3) is 0 Å². The van der Waals surface area contributed by atoms with Gasteiger partial charge in [-0.3, -0.25) is 9.59 Å². The molecule has 1 heterocycles. The van der Waals surface area contributed by atoms with Gasteiger partial charge in [0.25, 0.3) is 5.91 Å². The minimum Gasteiger partial charge on any atom is -0.497 e. The fourth-order valence-corrected chi connectivity index (χ4v) is 3.01. The number of benzene rings is 2. The number of nitrogens with one attached hydrogen (secondary N) is 1. The van der Waals surface area contributed by atoms with Gasteiger partial charge in [0, 0.05) is 29.9 Å². The molecule has 25 heavy (non-hydrogen) atoms. The zero-order chi connectivity index (χ0) is 17.8.